The van der Waals surface area contributed by atoms with Crippen LogP contribution in [0.3, 0.4) is 0 Å². The first-order valence-electron chi connectivity index (χ1n) is 39.1. The number of allylic oxidation sites excluding steroid dienone is 23. The standard InChI is InChI=1S/C83H138O17P2/c1-5-9-13-17-21-25-29-33-36-37-38-39-42-45-48-52-56-60-64-68-81(86)94-74-79(100-83(88)70-66-62-58-54-50-46-41-35-31-27-23-19-15-11-7-3)76-98-102(91,92)96-72-77(84)71-95-101(89,90)97-75-78(99-82(87)69-65-61-57-53-49-43-32-28-24-20-16-12-8-4)73-93-80(85)67-63-59-55-51-47-44-40-34-30-26-22-18-14-10-6-2/h9-10,13-14,16,20-22,25-26,28,32-34,36,38-40,45,47-48,51,59,63,77-79,84H,5-8,11-12,15,17-19,23-24,27,29-31,35,37,41-44,46,49-50,52-58,60-62,64-76H2,1-4H3,(H,89,90)(H,91,92)/b13-9-,14-10-,20-16-,25-21-,26-22-,32-28-,36-33-,39-38-,40-34-,48-45-,51-47-,63-59-. The van der Waals surface area contributed by atoms with Crippen LogP contribution >= 0.6 is 15.6 Å². The summed E-state index contributed by atoms with van der Waals surface area (Å²) in [6.45, 7) is 4.42. The molecule has 102 heavy (non-hydrogen) atoms. The van der Waals surface area contributed by atoms with Gasteiger partial charge in [-0.1, -0.05) is 296 Å². The predicted molar refractivity (Wildman–Crippen MR) is 417 cm³/mol. The average molecular weight is 1470 g/mol. The van der Waals surface area contributed by atoms with Crippen LogP contribution in [0.15, 0.2) is 146 Å². The lowest BCUT2D eigenvalue weighted by Gasteiger charge is -2.21. The van der Waals surface area contributed by atoms with E-state index >= 15 is 0 Å². The van der Waals surface area contributed by atoms with Crippen LogP contribution in [-0.4, -0.2) is 96.7 Å². The van der Waals surface area contributed by atoms with Crippen LogP contribution in [-0.2, 0) is 65.4 Å². The lowest BCUT2D eigenvalue weighted by molar-refractivity contribution is -0.161. The zero-order chi connectivity index (χ0) is 74.6. The second-order valence-electron chi connectivity index (χ2n) is 25.6. The van der Waals surface area contributed by atoms with Crippen molar-refractivity contribution < 1.29 is 80.2 Å². The van der Waals surface area contributed by atoms with Crippen molar-refractivity contribution in [2.75, 3.05) is 39.6 Å². The minimum atomic E-state index is -5.00. The van der Waals surface area contributed by atoms with Crippen LogP contribution in [0.25, 0.3) is 0 Å². The SMILES string of the molecule is CC/C=C\C/C=C\C/C=C\C/C=C\C/C=C\CCCCCC(=O)OCC(COP(=O)(O)OCC(O)COP(=O)(O)OCC(COC(=O)C/C=C\C/C=C\C/C=C\C/C=C\C/C=C\CC)OC(=O)CCCCCCC/C=C\C/C=C\CCC)OC(=O)CCCCCCCCCCCCCCCCC. The van der Waals surface area contributed by atoms with E-state index in [0.29, 0.717) is 25.7 Å². The second kappa shape index (κ2) is 74.2. The number of rotatable bonds is 72. The fourth-order valence-corrected chi connectivity index (χ4v) is 11.5. The van der Waals surface area contributed by atoms with Gasteiger partial charge in [-0.2, -0.15) is 0 Å². The Kier molecular flexibility index (Phi) is 70.5. The minimum Gasteiger partial charge on any atom is -0.462 e. The Balaban J connectivity index is 5.45. The maximum Gasteiger partial charge on any atom is 0.472 e. The molecular formula is C83H138O17P2. The van der Waals surface area contributed by atoms with Crippen LogP contribution in [0, 0.1) is 0 Å². The summed E-state index contributed by atoms with van der Waals surface area (Å²) in [7, 11) is -10.00. The van der Waals surface area contributed by atoms with Gasteiger partial charge in [0.05, 0.1) is 32.8 Å². The summed E-state index contributed by atoms with van der Waals surface area (Å²) in [4.78, 5) is 72.9. The molecule has 0 aromatic heterocycles. The summed E-state index contributed by atoms with van der Waals surface area (Å²) in [5.74, 6) is -2.38. The zero-order valence-corrected chi connectivity index (χ0v) is 65.3. The molecule has 17 nitrogen and oxygen atoms in total. The van der Waals surface area contributed by atoms with Gasteiger partial charge in [0.1, 0.15) is 19.3 Å². The van der Waals surface area contributed by atoms with Gasteiger partial charge in [-0.3, -0.25) is 37.3 Å². The Labute approximate surface area is 617 Å². The molecule has 0 rings (SSSR count). The minimum absolute atomic E-state index is 0.0551. The van der Waals surface area contributed by atoms with Crippen LogP contribution in [0.2, 0.25) is 0 Å². The lowest BCUT2D eigenvalue weighted by atomic mass is 10.0. The molecule has 0 aliphatic rings. The van der Waals surface area contributed by atoms with Gasteiger partial charge in [0.25, 0.3) is 0 Å². The largest absolute Gasteiger partial charge is 0.472 e. The Morgan fingerprint density at radius 1 is 0.294 bits per heavy atom. The van der Waals surface area contributed by atoms with Gasteiger partial charge in [0.2, 0.25) is 0 Å². The number of carbonyl (C=O) groups is 4. The molecule has 0 saturated carbocycles. The maximum absolute atomic E-state index is 13.1. The molecule has 0 fully saturated rings. The van der Waals surface area contributed by atoms with Gasteiger partial charge >= 0.3 is 39.5 Å². The molecule has 0 aromatic carbocycles. The molecule has 0 heterocycles. The molecule has 3 N–H and O–H groups in total. The summed E-state index contributed by atoms with van der Waals surface area (Å²) in [6.07, 6.45) is 84.4. The molecule has 0 aliphatic heterocycles. The van der Waals surface area contributed by atoms with E-state index in [2.05, 4.69) is 149 Å². The van der Waals surface area contributed by atoms with Crippen LogP contribution in [0.4, 0.5) is 0 Å². The van der Waals surface area contributed by atoms with Gasteiger partial charge in [-0.25, -0.2) is 9.13 Å². The normalized spacial score (nSPS) is 14.7. The lowest BCUT2D eigenvalue weighted by Crippen LogP contribution is -2.30. The first-order chi connectivity index (χ1) is 49.7. The number of unbranched alkanes of at least 4 members (excludes halogenated alkanes) is 23. The van der Waals surface area contributed by atoms with Crippen molar-refractivity contribution in [1.82, 2.24) is 0 Å². The number of ether oxygens (including phenoxy) is 4. The summed E-state index contributed by atoms with van der Waals surface area (Å²) in [6, 6.07) is 0. The van der Waals surface area contributed by atoms with Gasteiger partial charge in [-0.15, -0.1) is 0 Å². The van der Waals surface area contributed by atoms with Crippen molar-refractivity contribution in [2.45, 2.75) is 316 Å². The topological polar surface area (TPSA) is 237 Å². The van der Waals surface area contributed by atoms with Gasteiger partial charge < -0.3 is 33.8 Å². The fraction of sp³-hybridized carbons (Fsp3) is 0.663. The number of hydrogen-bond acceptors (Lipinski definition) is 15. The predicted octanol–water partition coefficient (Wildman–Crippen LogP) is 22.7. The van der Waals surface area contributed by atoms with Gasteiger partial charge in [-0.05, 0) is 122 Å². The van der Waals surface area contributed by atoms with E-state index < -0.39 is 97.5 Å². The molecule has 0 aliphatic carbocycles. The Morgan fingerprint density at radius 3 is 0.922 bits per heavy atom. The summed E-state index contributed by atoms with van der Waals surface area (Å²) in [5, 5.41) is 10.6. The molecule has 0 radical (unpaired) electrons. The number of hydrogen-bond donors (Lipinski definition) is 3. The molecule has 582 valence electrons. The van der Waals surface area contributed by atoms with E-state index in [-0.39, 0.29) is 25.7 Å². The molecule has 0 saturated heterocycles. The highest BCUT2D eigenvalue weighted by Gasteiger charge is 2.30. The first-order valence-corrected chi connectivity index (χ1v) is 42.1. The van der Waals surface area contributed by atoms with Crippen molar-refractivity contribution in [2.24, 2.45) is 0 Å². The van der Waals surface area contributed by atoms with Crippen molar-refractivity contribution in [3.8, 4) is 0 Å². The number of carbonyl (C=O) groups excluding carboxylic acids is 4. The van der Waals surface area contributed by atoms with Crippen molar-refractivity contribution in [3.63, 3.8) is 0 Å². The van der Waals surface area contributed by atoms with Crippen molar-refractivity contribution in [3.05, 3.63) is 146 Å². The molecule has 0 amide bonds. The van der Waals surface area contributed by atoms with E-state index in [1.807, 2.05) is 18.2 Å². The molecule has 0 aromatic rings. The fourth-order valence-electron chi connectivity index (χ4n) is 9.95. The summed E-state index contributed by atoms with van der Waals surface area (Å²) in [5.41, 5.74) is 0. The Morgan fingerprint density at radius 2 is 0.569 bits per heavy atom. The Hall–Kier alpha value is -5.06. The number of phosphoric ester groups is 2. The van der Waals surface area contributed by atoms with E-state index in [0.717, 1.165) is 154 Å². The van der Waals surface area contributed by atoms with Crippen LogP contribution < -0.4 is 0 Å². The van der Waals surface area contributed by atoms with E-state index in [4.69, 9.17) is 37.0 Å². The number of esters is 4. The third-order valence-electron chi connectivity index (χ3n) is 15.8. The third-order valence-corrected chi connectivity index (χ3v) is 17.7. The third kappa shape index (κ3) is 73.3. The zero-order valence-electron chi connectivity index (χ0n) is 63.5. The smallest absolute Gasteiger partial charge is 0.462 e. The quantitative estimate of drug-likeness (QED) is 0.0169. The number of phosphoric acid groups is 2. The van der Waals surface area contributed by atoms with Crippen molar-refractivity contribution >= 4 is 39.5 Å². The van der Waals surface area contributed by atoms with Crippen molar-refractivity contribution in [1.29, 1.82) is 0 Å². The average Bonchev–Trinajstić information content (AvgIpc) is 0.924. The van der Waals surface area contributed by atoms with Crippen LogP contribution in [0.1, 0.15) is 297 Å². The highest BCUT2D eigenvalue weighted by Crippen LogP contribution is 2.45. The molecule has 19 heteroatoms. The van der Waals surface area contributed by atoms with Gasteiger partial charge in [0, 0.05) is 19.3 Å². The number of aliphatic hydroxyl groups is 1. The highest BCUT2D eigenvalue weighted by molar-refractivity contribution is 7.47. The number of aliphatic hydroxyl groups excluding tert-OH is 1. The summed E-state index contributed by atoms with van der Waals surface area (Å²) < 4.78 is 68.4. The Bertz CT molecular complexity index is 2510. The molecule has 0 bridgehead atoms. The van der Waals surface area contributed by atoms with E-state index in [1.165, 1.54) is 64.2 Å². The van der Waals surface area contributed by atoms with Crippen LogP contribution in [0.5, 0.6) is 0 Å². The van der Waals surface area contributed by atoms with E-state index in [9.17, 15) is 43.2 Å². The van der Waals surface area contributed by atoms with E-state index in [1.54, 1.807) is 6.08 Å². The summed E-state index contributed by atoms with van der Waals surface area (Å²) >= 11 is 0. The van der Waals surface area contributed by atoms with Gasteiger partial charge in [0.15, 0.2) is 12.2 Å². The maximum atomic E-state index is 13.1. The molecular weight excluding hydrogens is 1330 g/mol. The monoisotopic (exact) mass is 1470 g/mol. The molecule has 5 atom stereocenters. The molecule has 0 spiro atoms. The second-order valence-corrected chi connectivity index (χ2v) is 28.5. The molecule has 5 unspecified atom stereocenters. The first kappa shape index (κ1) is 96.9. The highest BCUT2D eigenvalue weighted by atomic mass is 31.2.